The summed E-state index contributed by atoms with van der Waals surface area (Å²) < 4.78 is 0. The smallest absolute Gasteiger partial charge is 0.221 e. The first-order valence-corrected chi connectivity index (χ1v) is 9.46. The number of aliphatic imine (C=N–C) groups is 1. The Morgan fingerprint density at radius 3 is 2.52 bits per heavy atom. The van der Waals surface area contributed by atoms with Crippen LogP contribution < -0.4 is 16.0 Å². The SMILES string of the molecule is CCNC(=NCC1(c2ccccc2)CC1)NCCC(=O)NC(C)CC. The lowest BCUT2D eigenvalue weighted by atomic mass is 9.96. The minimum Gasteiger partial charge on any atom is -0.357 e. The minimum absolute atomic E-state index is 0.0839. The van der Waals surface area contributed by atoms with Gasteiger partial charge in [-0.1, -0.05) is 37.3 Å². The van der Waals surface area contributed by atoms with Gasteiger partial charge < -0.3 is 16.0 Å². The van der Waals surface area contributed by atoms with Gasteiger partial charge in [-0.15, -0.1) is 0 Å². The van der Waals surface area contributed by atoms with Gasteiger partial charge in [0, 0.05) is 31.0 Å². The normalized spacial score (nSPS) is 16.8. The van der Waals surface area contributed by atoms with Crippen LogP contribution in [0.1, 0.15) is 52.0 Å². The first-order valence-electron chi connectivity index (χ1n) is 9.46. The van der Waals surface area contributed by atoms with Crippen LogP contribution in [-0.2, 0) is 10.2 Å². The van der Waals surface area contributed by atoms with Gasteiger partial charge in [0.2, 0.25) is 5.91 Å². The number of hydrogen-bond donors (Lipinski definition) is 3. The molecule has 0 saturated heterocycles. The lowest BCUT2D eigenvalue weighted by molar-refractivity contribution is -0.121. The lowest BCUT2D eigenvalue weighted by Crippen LogP contribution is -2.40. The molecule has 0 radical (unpaired) electrons. The molecule has 0 aliphatic heterocycles. The van der Waals surface area contributed by atoms with Gasteiger partial charge in [0.1, 0.15) is 0 Å². The molecule has 1 aromatic rings. The van der Waals surface area contributed by atoms with Crippen molar-refractivity contribution in [2.75, 3.05) is 19.6 Å². The molecule has 1 aliphatic carbocycles. The molecule has 1 aromatic carbocycles. The number of amides is 1. The molecule has 1 aliphatic rings. The maximum atomic E-state index is 11.9. The molecular formula is C20H32N4O. The van der Waals surface area contributed by atoms with E-state index in [4.69, 9.17) is 4.99 Å². The maximum absolute atomic E-state index is 11.9. The van der Waals surface area contributed by atoms with Crippen LogP contribution in [0.3, 0.4) is 0 Å². The fraction of sp³-hybridized carbons (Fsp3) is 0.600. The third-order valence-electron chi connectivity index (χ3n) is 4.79. The summed E-state index contributed by atoms with van der Waals surface area (Å²) in [5, 5.41) is 9.52. The summed E-state index contributed by atoms with van der Waals surface area (Å²) >= 11 is 0. The number of benzene rings is 1. The second kappa shape index (κ2) is 9.44. The zero-order chi connectivity index (χ0) is 18.1. The summed E-state index contributed by atoms with van der Waals surface area (Å²) in [4.78, 5) is 16.6. The molecule has 138 valence electrons. The topological polar surface area (TPSA) is 65.5 Å². The molecule has 0 spiro atoms. The molecule has 1 unspecified atom stereocenters. The fourth-order valence-corrected chi connectivity index (χ4v) is 2.80. The van der Waals surface area contributed by atoms with Gasteiger partial charge in [0.15, 0.2) is 5.96 Å². The first-order chi connectivity index (χ1) is 12.1. The fourth-order valence-electron chi connectivity index (χ4n) is 2.80. The molecule has 1 saturated carbocycles. The summed E-state index contributed by atoms with van der Waals surface area (Å²) in [5.74, 6) is 0.877. The molecule has 1 amide bonds. The van der Waals surface area contributed by atoms with Crippen molar-refractivity contribution in [3.63, 3.8) is 0 Å². The van der Waals surface area contributed by atoms with Crippen molar-refractivity contribution in [1.82, 2.24) is 16.0 Å². The Labute approximate surface area is 151 Å². The van der Waals surface area contributed by atoms with Gasteiger partial charge in [-0.25, -0.2) is 0 Å². The van der Waals surface area contributed by atoms with Gasteiger partial charge >= 0.3 is 0 Å². The highest BCUT2D eigenvalue weighted by atomic mass is 16.1. The van der Waals surface area contributed by atoms with Crippen LogP contribution in [-0.4, -0.2) is 37.5 Å². The van der Waals surface area contributed by atoms with Crippen molar-refractivity contribution in [3.05, 3.63) is 35.9 Å². The predicted molar refractivity (Wildman–Crippen MR) is 104 cm³/mol. The lowest BCUT2D eigenvalue weighted by Gasteiger charge is -2.16. The van der Waals surface area contributed by atoms with E-state index in [0.29, 0.717) is 13.0 Å². The zero-order valence-electron chi connectivity index (χ0n) is 15.8. The Morgan fingerprint density at radius 1 is 1.20 bits per heavy atom. The van der Waals surface area contributed by atoms with E-state index in [0.717, 1.165) is 25.5 Å². The van der Waals surface area contributed by atoms with Crippen LogP contribution in [0, 0.1) is 0 Å². The average molecular weight is 345 g/mol. The van der Waals surface area contributed by atoms with E-state index in [-0.39, 0.29) is 17.4 Å². The van der Waals surface area contributed by atoms with E-state index in [1.165, 1.54) is 18.4 Å². The van der Waals surface area contributed by atoms with E-state index >= 15 is 0 Å². The van der Waals surface area contributed by atoms with Gasteiger partial charge in [0.05, 0.1) is 6.54 Å². The standard InChI is InChI=1S/C20H32N4O/c1-4-16(3)24-18(25)11-14-22-19(21-5-2)23-15-20(12-13-20)17-9-7-6-8-10-17/h6-10,16H,4-5,11-15H2,1-3H3,(H,24,25)(H2,21,22,23). The highest BCUT2D eigenvalue weighted by Gasteiger charge is 2.43. The van der Waals surface area contributed by atoms with E-state index in [1.54, 1.807) is 0 Å². The van der Waals surface area contributed by atoms with Crippen molar-refractivity contribution in [1.29, 1.82) is 0 Å². The van der Waals surface area contributed by atoms with Crippen LogP contribution in [0.15, 0.2) is 35.3 Å². The van der Waals surface area contributed by atoms with Crippen LogP contribution >= 0.6 is 0 Å². The Bertz CT molecular complexity index is 566. The third kappa shape index (κ3) is 6.07. The number of nitrogens with one attached hydrogen (secondary N) is 3. The molecule has 0 bridgehead atoms. The van der Waals surface area contributed by atoms with Gasteiger partial charge in [-0.2, -0.15) is 0 Å². The van der Waals surface area contributed by atoms with Crippen LogP contribution in [0.2, 0.25) is 0 Å². The summed E-state index contributed by atoms with van der Waals surface area (Å²) in [6.45, 7) is 8.33. The zero-order valence-corrected chi connectivity index (χ0v) is 15.8. The highest BCUT2D eigenvalue weighted by Crippen LogP contribution is 2.48. The Kier molecular flexibility index (Phi) is 7.29. The van der Waals surface area contributed by atoms with Crippen molar-refractivity contribution < 1.29 is 4.79 Å². The van der Waals surface area contributed by atoms with E-state index in [9.17, 15) is 4.79 Å². The maximum Gasteiger partial charge on any atom is 0.221 e. The average Bonchev–Trinajstić information content (AvgIpc) is 3.41. The molecule has 0 heterocycles. The van der Waals surface area contributed by atoms with Crippen LogP contribution in [0.25, 0.3) is 0 Å². The molecule has 3 N–H and O–H groups in total. The van der Waals surface area contributed by atoms with E-state index < -0.39 is 0 Å². The molecule has 1 fully saturated rings. The number of guanidine groups is 1. The van der Waals surface area contributed by atoms with Crippen molar-refractivity contribution >= 4 is 11.9 Å². The molecule has 25 heavy (non-hydrogen) atoms. The Hall–Kier alpha value is -2.04. The summed E-state index contributed by atoms with van der Waals surface area (Å²) in [7, 11) is 0. The van der Waals surface area contributed by atoms with Gasteiger partial charge in [-0.05, 0) is 38.7 Å². The number of nitrogens with zero attached hydrogens (tertiary/aromatic N) is 1. The largest absolute Gasteiger partial charge is 0.357 e. The van der Waals surface area contributed by atoms with Crippen LogP contribution in [0.4, 0.5) is 0 Å². The highest BCUT2D eigenvalue weighted by molar-refractivity contribution is 5.81. The van der Waals surface area contributed by atoms with Crippen molar-refractivity contribution in [3.8, 4) is 0 Å². The van der Waals surface area contributed by atoms with Crippen molar-refractivity contribution in [2.45, 2.75) is 57.9 Å². The number of carbonyl (C=O) groups excluding carboxylic acids is 1. The Balaban J connectivity index is 1.84. The van der Waals surface area contributed by atoms with Crippen LogP contribution in [0.5, 0.6) is 0 Å². The molecular weight excluding hydrogens is 312 g/mol. The van der Waals surface area contributed by atoms with Crippen molar-refractivity contribution in [2.24, 2.45) is 4.99 Å². The molecule has 5 heteroatoms. The van der Waals surface area contributed by atoms with Gasteiger partial charge in [0.25, 0.3) is 0 Å². The predicted octanol–water partition coefficient (Wildman–Crippen LogP) is 2.58. The molecule has 1 atom stereocenters. The second-order valence-corrected chi connectivity index (χ2v) is 6.90. The quantitative estimate of drug-likeness (QED) is 0.476. The first kappa shape index (κ1) is 19.3. The molecule has 5 nitrogen and oxygen atoms in total. The summed E-state index contributed by atoms with van der Waals surface area (Å²) in [6, 6.07) is 10.9. The molecule has 2 rings (SSSR count). The number of carbonyl (C=O) groups is 1. The Morgan fingerprint density at radius 2 is 1.92 bits per heavy atom. The van der Waals surface area contributed by atoms with Gasteiger partial charge in [-0.3, -0.25) is 9.79 Å². The monoisotopic (exact) mass is 344 g/mol. The number of hydrogen-bond acceptors (Lipinski definition) is 2. The summed E-state index contributed by atoms with van der Waals surface area (Å²) in [5.41, 5.74) is 1.58. The van der Waals surface area contributed by atoms with E-state index in [2.05, 4.69) is 60.1 Å². The third-order valence-corrected chi connectivity index (χ3v) is 4.79. The number of rotatable bonds is 9. The molecule has 0 aromatic heterocycles. The second-order valence-electron chi connectivity index (χ2n) is 6.90. The van der Waals surface area contributed by atoms with E-state index in [1.807, 2.05) is 6.92 Å². The summed E-state index contributed by atoms with van der Waals surface area (Å²) in [6.07, 6.45) is 3.79. The minimum atomic E-state index is 0.0839.